The first-order valence-corrected chi connectivity index (χ1v) is 8.50. The molecule has 2 rings (SSSR count). The molecule has 1 heterocycles. The van der Waals surface area contributed by atoms with Crippen molar-refractivity contribution in [3.05, 3.63) is 30.1 Å². The van der Waals surface area contributed by atoms with Crippen LogP contribution in [0.4, 0.5) is 14.9 Å². The highest BCUT2D eigenvalue weighted by Gasteiger charge is 2.21. The number of benzene rings is 1. The molecule has 1 aliphatic heterocycles. The monoisotopic (exact) mass is 351 g/mol. The van der Waals surface area contributed by atoms with Crippen molar-refractivity contribution in [3.8, 4) is 0 Å². The fraction of sp³-hybridized carbons (Fsp3) is 0.556. The van der Waals surface area contributed by atoms with Crippen molar-refractivity contribution in [3.63, 3.8) is 0 Å². The van der Waals surface area contributed by atoms with E-state index >= 15 is 0 Å². The Labute approximate surface area is 147 Å². The maximum absolute atomic E-state index is 13.0. The normalized spacial score (nSPS) is 15.0. The van der Waals surface area contributed by atoms with Crippen LogP contribution in [0.3, 0.4) is 0 Å². The number of hydrogen-bond acceptors (Lipinski definition) is 4. The summed E-state index contributed by atoms with van der Waals surface area (Å²) in [5.41, 5.74) is 0.408. The maximum Gasteiger partial charge on any atom is 0.407 e. The van der Waals surface area contributed by atoms with Gasteiger partial charge in [-0.05, 0) is 45.0 Å². The Morgan fingerprint density at radius 1 is 1.12 bits per heavy atom. The van der Waals surface area contributed by atoms with Crippen molar-refractivity contribution in [1.29, 1.82) is 0 Å². The van der Waals surface area contributed by atoms with E-state index in [0.29, 0.717) is 26.2 Å². The Morgan fingerprint density at radius 3 is 2.28 bits per heavy atom. The predicted molar refractivity (Wildman–Crippen MR) is 94.0 cm³/mol. The van der Waals surface area contributed by atoms with E-state index in [1.165, 1.54) is 12.1 Å². The zero-order chi connectivity index (χ0) is 18.4. The molecular weight excluding hydrogens is 325 g/mol. The molecule has 138 valence electrons. The zero-order valence-electron chi connectivity index (χ0n) is 15.0. The van der Waals surface area contributed by atoms with Gasteiger partial charge in [-0.2, -0.15) is 0 Å². The van der Waals surface area contributed by atoms with E-state index in [0.717, 1.165) is 5.69 Å². The minimum atomic E-state index is -0.551. The van der Waals surface area contributed by atoms with E-state index in [1.54, 1.807) is 37.8 Å². The number of piperazine rings is 1. The molecule has 0 atom stereocenters. The molecule has 0 aliphatic carbocycles. The molecular formula is C18H26FN3O3. The molecule has 2 amide bonds. The average Bonchev–Trinajstić information content (AvgIpc) is 2.54. The third-order valence-corrected chi connectivity index (χ3v) is 3.83. The Morgan fingerprint density at radius 2 is 1.72 bits per heavy atom. The Kier molecular flexibility index (Phi) is 6.22. The molecule has 1 saturated heterocycles. The van der Waals surface area contributed by atoms with Crippen LogP contribution in [0.5, 0.6) is 0 Å². The predicted octanol–water partition coefficient (Wildman–Crippen LogP) is 2.39. The molecule has 1 aliphatic rings. The van der Waals surface area contributed by atoms with Gasteiger partial charge in [-0.15, -0.1) is 0 Å². The number of carbonyl (C=O) groups excluding carboxylic acids is 2. The lowest BCUT2D eigenvalue weighted by Crippen LogP contribution is -2.49. The van der Waals surface area contributed by atoms with Gasteiger partial charge in [0.15, 0.2) is 0 Å². The summed E-state index contributed by atoms with van der Waals surface area (Å²) in [5.74, 6) is -0.245. The van der Waals surface area contributed by atoms with E-state index in [2.05, 4.69) is 10.2 Å². The molecule has 1 fully saturated rings. The first-order chi connectivity index (χ1) is 11.7. The first-order valence-electron chi connectivity index (χ1n) is 8.50. The summed E-state index contributed by atoms with van der Waals surface area (Å²) in [4.78, 5) is 27.7. The van der Waals surface area contributed by atoms with Crippen LogP contribution in [0.15, 0.2) is 24.3 Å². The molecule has 1 aromatic carbocycles. The molecule has 0 radical (unpaired) electrons. The number of nitrogens with one attached hydrogen (secondary N) is 1. The highest BCUT2D eigenvalue weighted by atomic mass is 19.1. The van der Waals surface area contributed by atoms with E-state index < -0.39 is 11.7 Å². The van der Waals surface area contributed by atoms with Crippen LogP contribution in [0.2, 0.25) is 0 Å². The third kappa shape index (κ3) is 6.25. The van der Waals surface area contributed by atoms with Gasteiger partial charge in [0.2, 0.25) is 5.91 Å². The lowest BCUT2D eigenvalue weighted by molar-refractivity contribution is -0.131. The van der Waals surface area contributed by atoms with Gasteiger partial charge in [0, 0.05) is 44.8 Å². The molecule has 1 N–H and O–H groups in total. The van der Waals surface area contributed by atoms with Gasteiger partial charge in [0.1, 0.15) is 11.4 Å². The van der Waals surface area contributed by atoms with E-state index in [9.17, 15) is 14.0 Å². The van der Waals surface area contributed by atoms with Gasteiger partial charge in [-0.3, -0.25) is 4.79 Å². The van der Waals surface area contributed by atoms with Crippen LogP contribution in [-0.2, 0) is 9.53 Å². The molecule has 0 aromatic heterocycles. The summed E-state index contributed by atoms with van der Waals surface area (Å²) >= 11 is 0. The SMILES string of the molecule is CC(C)(C)OC(=O)NCCC(=O)N1CCN(c2ccc(F)cc2)CC1. The Balaban J connectivity index is 1.70. The number of nitrogens with zero attached hydrogens (tertiary/aromatic N) is 2. The number of anilines is 1. The minimum Gasteiger partial charge on any atom is -0.444 e. The number of ether oxygens (including phenoxy) is 1. The van der Waals surface area contributed by atoms with Crippen molar-refractivity contribution in [1.82, 2.24) is 10.2 Å². The van der Waals surface area contributed by atoms with Crippen molar-refractivity contribution < 1.29 is 18.7 Å². The standard InChI is InChI=1S/C18H26FN3O3/c1-18(2,3)25-17(24)20-9-8-16(23)22-12-10-21(11-13-22)15-6-4-14(19)5-7-15/h4-7H,8-13H2,1-3H3,(H,20,24). The Bertz CT molecular complexity index is 591. The highest BCUT2D eigenvalue weighted by molar-refractivity contribution is 5.77. The van der Waals surface area contributed by atoms with Gasteiger partial charge in [0.05, 0.1) is 0 Å². The molecule has 7 heteroatoms. The fourth-order valence-electron chi connectivity index (χ4n) is 2.61. The molecule has 6 nitrogen and oxygen atoms in total. The van der Waals surface area contributed by atoms with E-state index in [-0.39, 0.29) is 24.7 Å². The van der Waals surface area contributed by atoms with Gasteiger partial charge in [-0.1, -0.05) is 0 Å². The number of carbonyl (C=O) groups is 2. The van der Waals surface area contributed by atoms with E-state index in [4.69, 9.17) is 4.74 Å². The fourth-order valence-corrected chi connectivity index (χ4v) is 2.61. The third-order valence-electron chi connectivity index (χ3n) is 3.83. The quantitative estimate of drug-likeness (QED) is 0.905. The number of rotatable bonds is 4. The smallest absolute Gasteiger partial charge is 0.407 e. The van der Waals surface area contributed by atoms with Crippen molar-refractivity contribution in [2.75, 3.05) is 37.6 Å². The van der Waals surface area contributed by atoms with Gasteiger partial charge >= 0.3 is 6.09 Å². The molecule has 25 heavy (non-hydrogen) atoms. The Hall–Kier alpha value is -2.31. The zero-order valence-corrected chi connectivity index (χ0v) is 15.0. The van der Waals surface area contributed by atoms with Crippen LogP contribution < -0.4 is 10.2 Å². The van der Waals surface area contributed by atoms with Gasteiger partial charge < -0.3 is 19.9 Å². The van der Waals surface area contributed by atoms with Crippen LogP contribution in [0.25, 0.3) is 0 Å². The van der Waals surface area contributed by atoms with Crippen molar-refractivity contribution >= 4 is 17.7 Å². The van der Waals surface area contributed by atoms with Gasteiger partial charge in [0.25, 0.3) is 0 Å². The van der Waals surface area contributed by atoms with Crippen molar-refractivity contribution in [2.24, 2.45) is 0 Å². The minimum absolute atomic E-state index is 0.00909. The summed E-state index contributed by atoms with van der Waals surface area (Å²) in [6.07, 6.45) is -0.267. The number of halogens is 1. The lowest BCUT2D eigenvalue weighted by atomic mass is 10.2. The first kappa shape index (κ1) is 19.0. The summed E-state index contributed by atoms with van der Waals surface area (Å²) < 4.78 is 18.1. The molecule has 0 spiro atoms. The summed E-state index contributed by atoms with van der Waals surface area (Å²) in [7, 11) is 0. The second-order valence-electron chi connectivity index (χ2n) is 7.02. The number of alkyl carbamates (subject to hydrolysis) is 1. The van der Waals surface area contributed by atoms with Crippen molar-refractivity contribution in [2.45, 2.75) is 32.8 Å². The largest absolute Gasteiger partial charge is 0.444 e. The summed E-state index contributed by atoms with van der Waals surface area (Å²) in [5, 5.41) is 2.59. The van der Waals surface area contributed by atoms with Crippen LogP contribution in [-0.4, -0.2) is 55.2 Å². The van der Waals surface area contributed by atoms with Crippen LogP contribution in [0.1, 0.15) is 27.2 Å². The second kappa shape index (κ2) is 8.18. The molecule has 0 unspecified atom stereocenters. The molecule has 0 bridgehead atoms. The lowest BCUT2D eigenvalue weighted by Gasteiger charge is -2.36. The highest BCUT2D eigenvalue weighted by Crippen LogP contribution is 2.17. The molecule has 1 aromatic rings. The van der Waals surface area contributed by atoms with Crippen LogP contribution >= 0.6 is 0 Å². The molecule has 0 saturated carbocycles. The second-order valence-corrected chi connectivity index (χ2v) is 7.02. The maximum atomic E-state index is 13.0. The van der Waals surface area contributed by atoms with E-state index in [1.807, 2.05) is 0 Å². The average molecular weight is 351 g/mol. The number of hydrogen-bond donors (Lipinski definition) is 1. The number of amides is 2. The van der Waals surface area contributed by atoms with Crippen LogP contribution in [0, 0.1) is 5.82 Å². The summed E-state index contributed by atoms with van der Waals surface area (Å²) in [6.45, 7) is 8.26. The summed E-state index contributed by atoms with van der Waals surface area (Å²) in [6, 6.07) is 6.37. The topological polar surface area (TPSA) is 61.9 Å². The van der Waals surface area contributed by atoms with Gasteiger partial charge in [-0.25, -0.2) is 9.18 Å².